The van der Waals surface area contributed by atoms with Crippen molar-refractivity contribution in [2.45, 2.75) is 273 Å². The predicted molar refractivity (Wildman–Crippen MR) is 393 cm³/mol. The lowest BCUT2D eigenvalue weighted by atomic mass is 9.58. The summed E-state index contributed by atoms with van der Waals surface area (Å²) >= 11 is 6.45. The fraction of sp³-hybridized carbons (Fsp3) is 0.818. The number of carbonyl (C=O) groups excluding carboxylic acids is 12. The number of hydrogen-bond acceptors (Lipinski definition) is 13. The molecule has 32 heteroatoms. The highest BCUT2D eigenvalue weighted by Gasteiger charge is 2.60. The van der Waals surface area contributed by atoms with Crippen LogP contribution in [0, 0.1) is 40.9 Å². The van der Waals surface area contributed by atoms with E-state index in [1.807, 2.05) is 13.8 Å². The second-order valence-electron chi connectivity index (χ2n) is 33.3. The molecule has 8 rings (SSSR count). The lowest BCUT2D eigenvalue weighted by Gasteiger charge is -2.54. The van der Waals surface area contributed by atoms with Crippen LogP contribution in [-0.4, -0.2) is 281 Å². The molecule has 4 aliphatic carbocycles. The number of halogens is 7. The number of ether oxygens (including phenoxy) is 1. The topological polar surface area (TPSA) is 279 Å². The van der Waals surface area contributed by atoms with Crippen molar-refractivity contribution in [1.29, 1.82) is 0 Å². The molecular formula is C77H119ClF6N12O13. The van der Waals surface area contributed by atoms with E-state index in [0.717, 1.165) is 14.7 Å². The van der Waals surface area contributed by atoms with E-state index in [1.165, 1.54) is 71.7 Å². The third-order valence-electron chi connectivity index (χ3n) is 24.9. The Bertz CT molecular complexity index is 3300. The summed E-state index contributed by atoms with van der Waals surface area (Å²) in [5.74, 6) is -14.0. The van der Waals surface area contributed by atoms with Gasteiger partial charge in [0, 0.05) is 86.9 Å². The van der Waals surface area contributed by atoms with Gasteiger partial charge in [-0.2, -0.15) is 26.3 Å². The molecule has 109 heavy (non-hydrogen) atoms. The monoisotopic (exact) mass is 1570 g/mol. The number of rotatable bonds is 13. The molecule has 13 atom stereocenters. The second kappa shape index (κ2) is 37.2. The Morgan fingerprint density at radius 2 is 1.28 bits per heavy atom. The van der Waals surface area contributed by atoms with Gasteiger partial charge < -0.3 is 64.8 Å². The summed E-state index contributed by atoms with van der Waals surface area (Å²) in [6.45, 7) is 9.98. The summed E-state index contributed by atoms with van der Waals surface area (Å²) < 4.78 is 91.1. The van der Waals surface area contributed by atoms with Crippen molar-refractivity contribution in [1.82, 2.24) is 60.0 Å². The molecule has 4 saturated carbocycles. The molecule has 25 nitrogen and oxygen atoms in total. The van der Waals surface area contributed by atoms with Crippen LogP contribution < -0.4 is 16.0 Å². The van der Waals surface area contributed by atoms with Gasteiger partial charge in [0.15, 0.2) is 0 Å². The zero-order valence-corrected chi connectivity index (χ0v) is 66.5. The van der Waals surface area contributed by atoms with E-state index in [1.54, 1.807) is 39.8 Å². The van der Waals surface area contributed by atoms with E-state index < -0.39 is 209 Å². The van der Waals surface area contributed by atoms with Crippen LogP contribution >= 0.6 is 11.6 Å². The van der Waals surface area contributed by atoms with Gasteiger partial charge in [-0.15, -0.1) is 11.6 Å². The minimum Gasteiger partial charge on any atom is -0.377 e. The number of likely N-dealkylation sites (tertiary alicyclic amines) is 1. The van der Waals surface area contributed by atoms with Gasteiger partial charge in [0.2, 0.25) is 70.9 Å². The summed E-state index contributed by atoms with van der Waals surface area (Å²) in [4.78, 5) is 194. The maximum absolute atomic E-state index is 15.8. The number of nitrogens with one attached hydrogen (secondary N) is 3. The number of alkyl halides is 7. The number of nitrogens with zero attached hydrogens (tertiary/aromatic N) is 9. The van der Waals surface area contributed by atoms with E-state index in [9.17, 15) is 55.1 Å². The zero-order valence-electron chi connectivity index (χ0n) is 65.8. The molecule has 4 heterocycles. The fourth-order valence-corrected chi connectivity index (χ4v) is 18.7. The van der Waals surface area contributed by atoms with Crippen LogP contribution in [0.2, 0.25) is 0 Å². The Labute approximate surface area is 643 Å². The van der Waals surface area contributed by atoms with Crippen LogP contribution in [0.15, 0.2) is 12.2 Å². The zero-order chi connectivity index (χ0) is 80.5. The van der Waals surface area contributed by atoms with Crippen molar-refractivity contribution in [3.05, 3.63) is 12.2 Å². The quantitative estimate of drug-likeness (QED) is 0.0935. The van der Waals surface area contributed by atoms with E-state index in [4.69, 9.17) is 16.3 Å². The molecule has 7 fully saturated rings. The van der Waals surface area contributed by atoms with Gasteiger partial charge in [-0.1, -0.05) is 72.5 Å². The molecular weight excluding hydrogens is 1450 g/mol. The minimum atomic E-state index is -4.57. The molecule has 0 aromatic carbocycles. The van der Waals surface area contributed by atoms with Crippen LogP contribution in [0.1, 0.15) is 196 Å². The third-order valence-corrected chi connectivity index (χ3v) is 25.4. The van der Waals surface area contributed by atoms with Crippen molar-refractivity contribution in [2.75, 3.05) is 88.2 Å². The van der Waals surface area contributed by atoms with Crippen LogP contribution in [0.25, 0.3) is 0 Å². The van der Waals surface area contributed by atoms with E-state index in [0.29, 0.717) is 58.0 Å². The Morgan fingerprint density at radius 3 is 1.85 bits per heavy atom. The van der Waals surface area contributed by atoms with E-state index >= 15 is 28.8 Å². The van der Waals surface area contributed by atoms with Gasteiger partial charge in [0.25, 0.3) is 0 Å². The SMILES string of the molecule is CCC[C@H]1C(=O)N[C@@H]([C@@H](C)CC)C(=O)N(C)CC(=O)N(C)[C@H]2C/C=C\CCN(C2=O)[C@@H](CC2CCC(C(F)(F)F)CC2)C(=O)N(C)CC(=O)N[C@@H](CCC2CCC(C(F)(F)F)C(Cl)C2)C(=O)N2C[C@H](OCC)C[C@H]2C(=O)NC2(CC(C)(C)C2)C(=O)N(C)[C@@H](C2CCCC2)C(=O)N(C)[C@H](C(=O)N2CCC2)CC(=O)N1C. The van der Waals surface area contributed by atoms with Gasteiger partial charge in [0.05, 0.1) is 37.5 Å². The van der Waals surface area contributed by atoms with Crippen LogP contribution in [-0.2, 0) is 62.3 Å². The average molecular weight is 1570 g/mol. The number of fused-ring (bicyclic) bond motifs is 3. The highest BCUT2D eigenvalue weighted by molar-refractivity contribution is 6.21. The van der Waals surface area contributed by atoms with Crippen molar-refractivity contribution < 1.29 is 88.6 Å². The summed E-state index contributed by atoms with van der Waals surface area (Å²) in [6, 6.07) is -10.8. The van der Waals surface area contributed by atoms with Crippen molar-refractivity contribution in [3.63, 3.8) is 0 Å². The Hall–Kier alpha value is -6.79. The first-order valence-corrected chi connectivity index (χ1v) is 40.0. The number of carbonyl (C=O) groups is 12. The Morgan fingerprint density at radius 1 is 0.633 bits per heavy atom. The van der Waals surface area contributed by atoms with Gasteiger partial charge in [-0.05, 0) is 152 Å². The van der Waals surface area contributed by atoms with Gasteiger partial charge >= 0.3 is 12.4 Å². The molecule has 1 spiro atoms. The summed E-state index contributed by atoms with van der Waals surface area (Å²) in [5.41, 5.74) is -2.25. The van der Waals surface area contributed by atoms with Crippen LogP contribution in [0.5, 0.6) is 0 Å². The predicted octanol–water partition coefficient (Wildman–Crippen LogP) is 7.21. The summed E-state index contributed by atoms with van der Waals surface area (Å²) in [7, 11) is 8.28. The molecule has 3 saturated heterocycles. The number of likely N-dealkylation sites (N-methyl/N-ethyl adjacent to an activating group) is 6. The molecule has 3 unspecified atom stereocenters. The Kier molecular flexibility index (Phi) is 30.0. The third kappa shape index (κ3) is 21.1. The average Bonchev–Trinajstić information content (AvgIpc) is 1.35. The molecule has 614 valence electrons. The van der Waals surface area contributed by atoms with E-state index in [2.05, 4.69) is 16.0 Å². The summed E-state index contributed by atoms with van der Waals surface area (Å²) in [5, 5.41) is 7.42. The first kappa shape index (κ1) is 87.8. The number of hydrogen-bond donors (Lipinski definition) is 3. The molecule has 8 aliphatic rings. The normalized spacial score (nSPS) is 32.2. The Balaban J connectivity index is 1.21. The second-order valence-corrected chi connectivity index (χ2v) is 33.9. The van der Waals surface area contributed by atoms with Crippen LogP contribution in [0.4, 0.5) is 26.3 Å². The largest absolute Gasteiger partial charge is 0.393 e. The minimum absolute atomic E-state index is 0.0355. The van der Waals surface area contributed by atoms with Gasteiger partial charge in [-0.3, -0.25) is 57.5 Å². The lowest BCUT2D eigenvalue weighted by molar-refractivity contribution is -0.184. The van der Waals surface area contributed by atoms with Gasteiger partial charge in [0.1, 0.15) is 53.9 Å². The molecule has 0 aromatic rings. The summed E-state index contributed by atoms with van der Waals surface area (Å²) in [6.07, 6.45) is -3.87. The first-order valence-electron chi connectivity index (χ1n) is 39.6. The van der Waals surface area contributed by atoms with Crippen molar-refractivity contribution >= 4 is 82.5 Å². The van der Waals surface area contributed by atoms with E-state index in [-0.39, 0.29) is 122 Å². The van der Waals surface area contributed by atoms with Crippen molar-refractivity contribution in [3.8, 4) is 0 Å². The van der Waals surface area contributed by atoms with Crippen molar-refractivity contribution in [2.24, 2.45) is 40.9 Å². The van der Waals surface area contributed by atoms with Gasteiger partial charge in [-0.25, -0.2) is 0 Å². The number of amides is 12. The standard InChI is InChI=1S/C77H119ClF6N12O13/c1-13-22-55-65(100)86-63(46(4)14-2)71(106)89(8)43-62(99)91(10)56-25-17-16-20-36-95(70(56)105)59(38-48-26-30-50(31-27-48)76(79,80)81)68(103)88(7)42-60(97)85-54(33-29-47-28-32-52(53(78)37-47)77(82,83)84)67(102)96-41-51(109-15-3)39-57(96)66(101)87-75(44-74(5,6)45-75)73(108)93(12)64(49-23-18-19-24-49)72(107)92(11)58(40-61(98)90(55)9)69(104)94-34-21-35-94/h16-17,46-59,63-64H,13-15,18-45H2,1-12H3,(H,85,97)(H,86,100)(H,87,101)/b17-16-/t46-,47?,48?,50?,51+,52?,53?,54-,55-,56-,57-,58-,59-,63-,64-/m0/s1. The lowest BCUT2D eigenvalue weighted by Crippen LogP contribution is -2.71. The smallest absolute Gasteiger partial charge is 0.377 e. The highest BCUT2D eigenvalue weighted by atomic mass is 35.5. The fourth-order valence-electron chi connectivity index (χ4n) is 18.2. The molecule has 12 amide bonds. The molecule has 0 radical (unpaired) electrons. The first-order chi connectivity index (χ1) is 51.2. The molecule has 4 aliphatic heterocycles. The maximum atomic E-state index is 15.8. The molecule has 3 N–H and O–H groups in total. The molecule has 0 aromatic heterocycles. The van der Waals surface area contributed by atoms with Crippen LogP contribution in [0.3, 0.4) is 0 Å². The molecule has 2 bridgehead atoms. The maximum Gasteiger partial charge on any atom is 0.393 e. The highest BCUT2D eigenvalue weighted by Crippen LogP contribution is 2.50.